The van der Waals surface area contributed by atoms with Crippen molar-refractivity contribution in [1.29, 1.82) is 0 Å². The third-order valence-electron chi connectivity index (χ3n) is 4.46. The summed E-state index contributed by atoms with van der Waals surface area (Å²) in [5.41, 5.74) is 4.63. The van der Waals surface area contributed by atoms with E-state index in [1.165, 1.54) is 30.5 Å². The van der Waals surface area contributed by atoms with Crippen molar-refractivity contribution in [2.75, 3.05) is 11.9 Å². The zero-order valence-corrected chi connectivity index (χ0v) is 19.0. The molecule has 0 spiro atoms. The highest BCUT2D eigenvalue weighted by molar-refractivity contribution is 9.10. The Morgan fingerprint density at radius 2 is 1.85 bits per heavy atom. The molecule has 0 aliphatic rings. The maximum atomic E-state index is 12.3. The predicted octanol–water partition coefficient (Wildman–Crippen LogP) is 4.45. The second-order valence-electron chi connectivity index (χ2n) is 6.84. The van der Waals surface area contributed by atoms with Crippen LogP contribution in [-0.2, 0) is 4.79 Å². The van der Waals surface area contributed by atoms with Gasteiger partial charge in [0.05, 0.1) is 11.1 Å². The molecule has 10 heteroatoms. The number of amides is 2. The third-order valence-corrected chi connectivity index (χ3v) is 4.95. The summed E-state index contributed by atoms with van der Waals surface area (Å²) in [6.07, 6.45) is 1.38. The first kappa shape index (κ1) is 23.6. The Morgan fingerprint density at radius 1 is 1.12 bits per heavy atom. The molecule has 3 rings (SSSR count). The summed E-state index contributed by atoms with van der Waals surface area (Å²) in [6.45, 7) is 1.68. The van der Waals surface area contributed by atoms with Gasteiger partial charge in [0.25, 0.3) is 17.5 Å². The number of hydrogen-bond acceptors (Lipinski definition) is 6. The lowest BCUT2D eigenvalue weighted by Gasteiger charge is -2.11. The number of aryl methyl sites for hydroxylation is 1. The van der Waals surface area contributed by atoms with E-state index in [0.29, 0.717) is 17.0 Å². The van der Waals surface area contributed by atoms with Gasteiger partial charge in [0.1, 0.15) is 5.75 Å². The molecule has 0 radical (unpaired) electrons. The van der Waals surface area contributed by atoms with Crippen LogP contribution in [0.1, 0.15) is 21.5 Å². The highest BCUT2D eigenvalue weighted by Crippen LogP contribution is 2.22. The normalized spacial score (nSPS) is 10.6. The summed E-state index contributed by atoms with van der Waals surface area (Å²) in [4.78, 5) is 34.6. The first-order valence-corrected chi connectivity index (χ1v) is 10.5. The number of nitro benzene ring substituents is 1. The van der Waals surface area contributed by atoms with E-state index in [0.717, 1.165) is 10.0 Å². The number of para-hydroxylation sites is 1. The first-order chi connectivity index (χ1) is 15.8. The molecule has 33 heavy (non-hydrogen) atoms. The Labute approximate surface area is 197 Å². The van der Waals surface area contributed by atoms with Gasteiger partial charge in [-0.1, -0.05) is 34.1 Å². The van der Waals surface area contributed by atoms with Crippen molar-refractivity contribution in [3.63, 3.8) is 0 Å². The lowest BCUT2D eigenvalue weighted by Crippen LogP contribution is -2.21. The average Bonchev–Trinajstić information content (AvgIpc) is 2.80. The zero-order valence-electron chi connectivity index (χ0n) is 17.4. The Balaban J connectivity index is 1.62. The van der Waals surface area contributed by atoms with Crippen molar-refractivity contribution < 1.29 is 19.2 Å². The zero-order chi connectivity index (χ0) is 23.8. The number of rotatable bonds is 8. The Bertz CT molecular complexity index is 1210. The molecule has 0 saturated heterocycles. The second-order valence-corrected chi connectivity index (χ2v) is 7.75. The van der Waals surface area contributed by atoms with Gasteiger partial charge in [0, 0.05) is 33.4 Å². The molecular formula is C23H19BrN4O5. The molecule has 0 aromatic heterocycles. The van der Waals surface area contributed by atoms with Crippen LogP contribution >= 0.6 is 15.9 Å². The summed E-state index contributed by atoms with van der Waals surface area (Å²) < 4.78 is 6.40. The van der Waals surface area contributed by atoms with Crippen molar-refractivity contribution in [2.24, 2.45) is 5.10 Å². The molecule has 0 heterocycles. The molecule has 9 nitrogen and oxygen atoms in total. The quantitative estimate of drug-likeness (QED) is 0.263. The molecule has 0 fully saturated rings. The molecule has 168 valence electrons. The molecule has 0 bridgehead atoms. The van der Waals surface area contributed by atoms with Gasteiger partial charge in [0.2, 0.25) is 0 Å². The van der Waals surface area contributed by atoms with Crippen LogP contribution in [0.4, 0.5) is 11.4 Å². The molecule has 0 unspecified atom stereocenters. The number of anilines is 1. The SMILES string of the molecule is Cc1ccccc1NC(=O)COc1ccc(Br)cc1/C=N/NC(=O)c1ccc([N+](=O)[O-])cc1. The molecule has 3 aromatic rings. The van der Waals surface area contributed by atoms with E-state index in [2.05, 4.69) is 31.8 Å². The van der Waals surface area contributed by atoms with Crippen molar-refractivity contribution in [3.05, 3.63) is 98.0 Å². The highest BCUT2D eigenvalue weighted by Gasteiger charge is 2.10. The minimum atomic E-state index is -0.546. The molecule has 0 saturated carbocycles. The lowest BCUT2D eigenvalue weighted by molar-refractivity contribution is -0.384. The maximum absolute atomic E-state index is 12.3. The smallest absolute Gasteiger partial charge is 0.271 e. The van der Waals surface area contributed by atoms with Crippen molar-refractivity contribution in [1.82, 2.24) is 5.43 Å². The van der Waals surface area contributed by atoms with Gasteiger partial charge in [-0.15, -0.1) is 0 Å². The minimum absolute atomic E-state index is 0.113. The van der Waals surface area contributed by atoms with Gasteiger partial charge >= 0.3 is 0 Å². The van der Waals surface area contributed by atoms with E-state index in [4.69, 9.17) is 4.74 Å². The van der Waals surface area contributed by atoms with Crippen LogP contribution in [-0.4, -0.2) is 29.6 Å². The monoisotopic (exact) mass is 510 g/mol. The summed E-state index contributed by atoms with van der Waals surface area (Å²) in [5.74, 6) is -0.454. The molecule has 0 aliphatic carbocycles. The topological polar surface area (TPSA) is 123 Å². The average molecular weight is 511 g/mol. The van der Waals surface area contributed by atoms with E-state index in [-0.39, 0.29) is 23.8 Å². The number of hydrazone groups is 1. The van der Waals surface area contributed by atoms with Crippen LogP contribution in [0.3, 0.4) is 0 Å². The van der Waals surface area contributed by atoms with E-state index in [9.17, 15) is 19.7 Å². The van der Waals surface area contributed by atoms with Crippen LogP contribution in [0, 0.1) is 17.0 Å². The van der Waals surface area contributed by atoms with Gasteiger partial charge < -0.3 is 10.1 Å². The summed E-state index contributed by atoms with van der Waals surface area (Å²) in [7, 11) is 0. The Hall–Kier alpha value is -4.05. The van der Waals surface area contributed by atoms with Crippen molar-refractivity contribution >= 4 is 45.3 Å². The summed E-state index contributed by atoms with van der Waals surface area (Å²) in [6, 6.07) is 17.7. The summed E-state index contributed by atoms with van der Waals surface area (Å²) >= 11 is 3.37. The molecular weight excluding hydrogens is 492 g/mol. The fourth-order valence-corrected chi connectivity index (χ4v) is 3.13. The van der Waals surface area contributed by atoms with Gasteiger partial charge in [-0.2, -0.15) is 5.10 Å². The Morgan fingerprint density at radius 3 is 2.55 bits per heavy atom. The van der Waals surface area contributed by atoms with E-state index < -0.39 is 10.8 Å². The van der Waals surface area contributed by atoms with Gasteiger partial charge in [0.15, 0.2) is 6.61 Å². The van der Waals surface area contributed by atoms with Crippen molar-refractivity contribution in [3.8, 4) is 5.75 Å². The van der Waals surface area contributed by atoms with E-state index in [1.54, 1.807) is 24.3 Å². The highest BCUT2D eigenvalue weighted by atomic mass is 79.9. The van der Waals surface area contributed by atoms with Gasteiger partial charge in [-0.3, -0.25) is 19.7 Å². The van der Waals surface area contributed by atoms with Crippen molar-refractivity contribution in [2.45, 2.75) is 6.92 Å². The van der Waals surface area contributed by atoms with Gasteiger partial charge in [-0.05, 0) is 48.9 Å². The molecule has 2 N–H and O–H groups in total. The van der Waals surface area contributed by atoms with Crippen LogP contribution in [0.2, 0.25) is 0 Å². The second kappa shape index (κ2) is 11.0. The summed E-state index contributed by atoms with van der Waals surface area (Å²) in [5, 5.41) is 17.4. The molecule has 0 atom stereocenters. The molecule has 2 amide bonds. The minimum Gasteiger partial charge on any atom is -0.483 e. The number of nitrogens with one attached hydrogen (secondary N) is 2. The maximum Gasteiger partial charge on any atom is 0.271 e. The number of nitrogens with zero attached hydrogens (tertiary/aromatic N) is 2. The largest absolute Gasteiger partial charge is 0.483 e. The molecule has 0 aliphatic heterocycles. The van der Waals surface area contributed by atoms with Gasteiger partial charge in [-0.25, -0.2) is 5.43 Å². The molecule has 3 aromatic carbocycles. The van der Waals surface area contributed by atoms with Crippen LogP contribution < -0.4 is 15.5 Å². The number of ether oxygens (including phenoxy) is 1. The number of hydrogen-bond donors (Lipinski definition) is 2. The van der Waals surface area contributed by atoms with E-state index in [1.807, 2.05) is 25.1 Å². The first-order valence-electron chi connectivity index (χ1n) is 9.69. The standard InChI is InChI=1S/C23H19BrN4O5/c1-15-4-2-3-5-20(15)26-22(29)14-33-21-11-8-18(24)12-17(21)13-25-27-23(30)16-6-9-19(10-7-16)28(31)32/h2-13H,14H2,1H3,(H,26,29)(H,27,30)/b25-13+. The number of carbonyl (C=O) groups excluding carboxylic acids is 2. The van der Waals surface area contributed by atoms with Crippen LogP contribution in [0.25, 0.3) is 0 Å². The van der Waals surface area contributed by atoms with Crippen LogP contribution in [0.5, 0.6) is 5.75 Å². The number of halogens is 1. The Kier molecular flexibility index (Phi) is 7.87. The lowest BCUT2D eigenvalue weighted by atomic mass is 10.2. The third kappa shape index (κ3) is 6.71. The number of non-ortho nitro benzene ring substituents is 1. The number of carbonyl (C=O) groups is 2. The number of benzene rings is 3. The fraction of sp³-hybridized carbons (Fsp3) is 0.0870. The van der Waals surface area contributed by atoms with E-state index >= 15 is 0 Å². The fourth-order valence-electron chi connectivity index (χ4n) is 2.75. The number of nitro groups is 1. The van der Waals surface area contributed by atoms with Crippen LogP contribution in [0.15, 0.2) is 76.3 Å². The predicted molar refractivity (Wildman–Crippen MR) is 128 cm³/mol.